The topological polar surface area (TPSA) is 29.5 Å². The summed E-state index contributed by atoms with van der Waals surface area (Å²) in [6, 6.07) is 9.76. The molecule has 2 aromatic carbocycles. The zero-order valence-corrected chi connectivity index (χ0v) is 13.1. The van der Waals surface area contributed by atoms with Gasteiger partial charge in [-0.15, -0.1) is 0 Å². The van der Waals surface area contributed by atoms with Crippen molar-refractivity contribution in [3.05, 3.63) is 62.8 Å². The van der Waals surface area contributed by atoms with Crippen molar-refractivity contribution in [1.82, 2.24) is 0 Å². The molecule has 5 heteroatoms. The fraction of sp³-hybridized carbons (Fsp3) is 0.200. The van der Waals surface area contributed by atoms with Crippen LogP contribution in [0.5, 0.6) is 5.75 Å². The van der Waals surface area contributed by atoms with E-state index in [0.29, 0.717) is 20.8 Å². The quantitative estimate of drug-likeness (QED) is 0.843. The number of hydrogen-bond acceptors (Lipinski definition) is 2. The Balaban J connectivity index is 2.16. The Morgan fingerprint density at radius 3 is 2.70 bits per heavy atom. The maximum Gasteiger partial charge on any atom is 0.137 e. The second-order valence-corrected chi connectivity index (χ2v) is 5.69. The number of benzene rings is 2. The highest BCUT2D eigenvalue weighted by molar-refractivity contribution is 9.10. The minimum atomic E-state index is -0.677. The van der Waals surface area contributed by atoms with E-state index in [1.807, 2.05) is 0 Å². The molecular weight excluding hydrogens is 347 g/mol. The molecule has 0 aromatic heterocycles. The highest BCUT2D eigenvalue weighted by Gasteiger charge is 2.10. The van der Waals surface area contributed by atoms with Crippen molar-refractivity contribution < 1.29 is 14.2 Å². The van der Waals surface area contributed by atoms with E-state index in [4.69, 9.17) is 16.3 Å². The van der Waals surface area contributed by atoms with Gasteiger partial charge >= 0.3 is 0 Å². The first-order chi connectivity index (χ1) is 9.47. The average Bonchev–Trinajstić information content (AvgIpc) is 2.41. The first-order valence-electron chi connectivity index (χ1n) is 6.01. The van der Waals surface area contributed by atoms with Crippen molar-refractivity contribution in [2.75, 3.05) is 0 Å². The number of rotatable bonds is 4. The Morgan fingerprint density at radius 2 is 2.05 bits per heavy atom. The first kappa shape index (κ1) is 15.3. The number of halogens is 3. The summed E-state index contributed by atoms with van der Waals surface area (Å²) in [7, 11) is 0. The second kappa shape index (κ2) is 6.57. The third kappa shape index (κ3) is 3.72. The molecule has 0 spiro atoms. The van der Waals surface area contributed by atoms with E-state index in [1.165, 1.54) is 6.07 Å². The van der Waals surface area contributed by atoms with Crippen LogP contribution in [0, 0.1) is 5.82 Å². The van der Waals surface area contributed by atoms with Crippen LogP contribution in [0.3, 0.4) is 0 Å². The van der Waals surface area contributed by atoms with Gasteiger partial charge in [0, 0.05) is 10.6 Å². The van der Waals surface area contributed by atoms with Gasteiger partial charge in [-0.1, -0.05) is 17.7 Å². The summed E-state index contributed by atoms with van der Waals surface area (Å²) >= 11 is 9.03. The molecule has 2 rings (SSSR count). The molecule has 0 aliphatic carbocycles. The fourth-order valence-corrected chi connectivity index (χ4v) is 2.37. The van der Waals surface area contributed by atoms with Gasteiger partial charge < -0.3 is 9.84 Å². The van der Waals surface area contributed by atoms with E-state index in [-0.39, 0.29) is 12.4 Å². The van der Waals surface area contributed by atoms with E-state index in [2.05, 4.69) is 15.9 Å². The number of aliphatic hydroxyl groups is 1. The van der Waals surface area contributed by atoms with Crippen molar-refractivity contribution >= 4 is 27.5 Å². The van der Waals surface area contributed by atoms with Crippen LogP contribution in [0.15, 0.2) is 40.9 Å². The van der Waals surface area contributed by atoms with Gasteiger partial charge in [0.1, 0.15) is 18.2 Å². The van der Waals surface area contributed by atoms with E-state index in [1.54, 1.807) is 37.3 Å². The molecule has 0 aliphatic heterocycles. The molecule has 1 atom stereocenters. The van der Waals surface area contributed by atoms with Crippen LogP contribution in [0.2, 0.25) is 5.02 Å². The van der Waals surface area contributed by atoms with Crippen LogP contribution in [0.1, 0.15) is 24.2 Å². The second-order valence-electron chi connectivity index (χ2n) is 4.40. The SMILES string of the molecule is C[C@@H](O)c1cc(Cl)ccc1OCc1ccc(F)c(Br)c1. The number of hydrogen-bond donors (Lipinski definition) is 1. The Morgan fingerprint density at radius 1 is 1.30 bits per heavy atom. The predicted molar refractivity (Wildman–Crippen MR) is 80.5 cm³/mol. The Hall–Kier alpha value is -1.10. The van der Waals surface area contributed by atoms with E-state index < -0.39 is 6.10 Å². The van der Waals surface area contributed by atoms with Gasteiger partial charge in [0.05, 0.1) is 10.6 Å². The van der Waals surface area contributed by atoms with Crippen LogP contribution in [-0.4, -0.2) is 5.11 Å². The lowest BCUT2D eigenvalue weighted by Crippen LogP contribution is -2.01. The monoisotopic (exact) mass is 358 g/mol. The van der Waals surface area contributed by atoms with Gasteiger partial charge in [0.2, 0.25) is 0 Å². The molecule has 106 valence electrons. The van der Waals surface area contributed by atoms with Gasteiger partial charge in [-0.25, -0.2) is 4.39 Å². The summed E-state index contributed by atoms with van der Waals surface area (Å²) in [5, 5.41) is 10.3. The number of aliphatic hydroxyl groups excluding tert-OH is 1. The van der Waals surface area contributed by atoms with Crippen molar-refractivity contribution in [2.45, 2.75) is 19.6 Å². The van der Waals surface area contributed by atoms with Gasteiger partial charge in [-0.05, 0) is 58.7 Å². The van der Waals surface area contributed by atoms with E-state index in [9.17, 15) is 9.50 Å². The van der Waals surface area contributed by atoms with Crippen molar-refractivity contribution in [3.8, 4) is 5.75 Å². The summed E-state index contributed by atoms with van der Waals surface area (Å²) in [5.41, 5.74) is 1.45. The lowest BCUT2D eigenvalue weighted by Gasteiger charge is -2.14. The molecule has 0 saturated carbocycles. The van der Waals surface area contributed by atoms with Crippen LogP contribution >= 0.6 is 27.5 Å². The maximum absolute atomic E-state index is 13.1. The van der Waals surface area contributed by atoms with Gasteiger partial charge in [-0.2, -0.15) is 0 Å². The zero-order chi connectivity index (χ0) is 14.7. The summed E-state index contributed by atoms with van der Waals surface area (Å²) in [5.74, 6) is 0.245. The van der Waals surface area contributed by atoms with Gasteiger partial charge in [0.25, 0.3) is 0 Å². The highest BCUT2D eigenvalue weighted by atomic mass is 79.9. The molecule has 0 fully saturated rings. The molecular formula is C15H13BrClFO2. The normalized spacial score (nSPS) is 12.2. The maximum atomic E-state index is 13.1. The highest BCUT2D eigenvalue weighted by Crippen LogP contribution is 2.29. The first-order valence-corrected chi connectivity index (χ1v) is 7.18. The molecule has 20 heavy (non-hydrogen) atoms. The summed E-state index contributed by atoms with van der Waals surface area (Å²) < 4.78 is 19.2. The molecule has 0 amide bonds. The molecule has 0 aliphatic rings. The minimum Gasteiger partial charge on any atom is -0.489 e. The minimum absolute atomic E-state index is 0.278. The van der Waals surface area contributed by atoms with Crippen molar-refractivity contribution in [3.63, 3.8) is 0 Å². The molecule has 1 N–H and O–H groups in total. The summed E-state index contributed by atoms with van der Waals surface area (Å²) in [4.78, 5) is 0. The molecule has 0 bridgehead atoms. The summed E-state index contributed by atoms with van der Waals surface area (Å²) in [6.45, 7) is 1.92. The van der Waals surface area contributed by atoms with Crippen molar-refractivity contribution in [2.24, 2.45) is 0 Å². The zero-order valence-electron chi connectivity index (χ0n) is 10.7. The molecule has 0 radical (unpaired) electrons. The smallest absolute Gasteiger partial charge is 0.137 e. The lowest BCUT2D eigenvalue weighted by atomic mass is 10.1. The predicted octanol–water partition coefficient (Wildman–Crippen LogP) is 4.87. The molecule has 2 aromatic rings. The van der Waals surface area contributed by atoms with Crippen LogP contribution < -0.4 is 4.74 Å². The molecule has 0 heterocycles. The fourth-order valence-electron chi connectivity index (χ4n) is 1.77. The van der Waals surface area contributed by atoms with Crippen LogP contribution in [0.4, 0.5) is 4.39 Å². The Labute approximate surface area is 130 Å². The molecule has 0 saturated heterocycles. The van der Waals surface area contributed by atoms with Crippen LogP contribution in [0.25, 0.3) is 0 Å². The van der Waals surface area contributed by atoms with E-state index in [0.717, 1.165) is 5.56 Å². The van der Waals surface area contributed by atoms with Crippen molar-refractivity contribution in [1.29, 1.82) is 0 Å². The third-order valence-corrected chi connectivity index (χ3v) is 3.64. The summed E-state index contributed by atoms with van der Waals surface area (Å²) in [6.07, 6.45) is -0.677. The van der Waals surface area contributed by atoms with E-state index >= 15 is 0 Å². The average molecular weight is 360 g/mol. The van der Waals surface area contributed by atoms with Gasteiger partial charge in [-0.3, -0.25) is 0 Å². The Bertz CT molecular complexity index is 617. The lowest BCUT2D eigenvalue weighted by molar-refractivity contribution is 0.190. The molecule has 0 unspecified atom stereocenters. The third-order valence-electron chi connectivity index (χ3n) is 2.80. The molecule has 2 nitrogen and oxygen atoms in total. The largest absolute Gasteiger partial charge is 0.489 e. The van der Waals surface area contributed by atoms with Crippen LogP contribution in [-0.2, 0) is 6.61 Å². The number of ether oxygens (including phenoxy) is 1. The standard InChI is InChI=1S/C15H13BrClFO2/c1-9(19)12-7-11(17)3-5-15(12)20-8-10-2-4-14(18)13(16)6-10/h2-7,9,19H,8H2,1H3/t9-/m1/s1. The Kier molecular flexibility index (Phi) is 5.02. The van der Waals surface area contributed by atoms with Gasteiger partial charge in [0.15, 0.2) is 0 Å².